The molecule has 0 aromatic carbocycles. The van der Waals surface area contributed by atoms with Crippen LogP contribution in [0, 0.1) is 0 Å². The van der Waals surface area contributed by atoms with E-state index >= 15 is 0 Å². The van der Waals surface area contributed by atoms with Gasteiger partial charge in [0.15, 0.2) is 4.08 Å². The highest BCUT2D eigenvalue weighted by Crippen LogP contribution is 2.41. The van der Waals surface area contributed by atoms with Crippen LogP contribution in [0.4, 0.5) is 0 Å². The molecule has 0 spiro atoms. The molecule has 0 aliphatic carbocycles. The minimum absolute atomic E-state index is 0.0748. The molecule has 0 aromatic rings. The van der Waals surface area contributed by atoms with Gasteiger partial charge in [0, 0.05) is 23.7 Å². The summed E-state index contributed by atoms with van der Waals surface area (Å²) in [6.07, 6.45) is -0.0536. The van der Waals surface area contributed by atoms with E-state index in [9.17, 15) is 24.3 Å². The van der Waals surface area contributed by atoms with Gasteiger partial charge in [0.05, 0.1) is 12.8 Å². The second kappa shape index (κ2) is 12.3. The van der Waals surface area contributed by atoms with Crippen molar-refractivity contribution in [1.82, 2.24) is 0 Å². The van der Waals surface area contributed by atoms with Gasteiger partial charge >= 0.3 is 23.9 Å². The van der Waals surface area contributed by atoms with Crippen LogP contribution in [-0.4, -0.2) is 71.4 Å². The van der Waals surface area contributed by atoms with Gasteiger partial charge in [-0.05, 0) is 12.2 Å². The van der Waals surface area contributed by atoms with E-state index in [4.69, 9.17) is 15.3 Å². The summed E-state index contributed by atoms with van der Waals surface area (Å²) in [7, 11) is 0. The van der Waals surface area contributed by atoms with Gasteiger partial charge in [-0.15, -0.1) is 23.5 Å². The fourth-order valence-corrected chi connectivity index (χ4v) is 5.77. The lowest BCUT2D eigenvalue weighted by atomic mass is 10.3. The maximum atomic E-state index is 11.7. The first-order valence-electron chi connectivity index (χ1n) is 6.94. The fraction of sp³-hybridized carbons (Fsp3) is 0.692. The molecule has 0 rings (SSSR count). The van der Waals surface area contributed by atoms with Crippen LogP contribution >= 0.6 is 35.3 Å². The lowest BCUT2D eigenvalue weighted by molar-refractivity contribution is -0.138. The topological polar surface area (TPSA) is 149 Å². The largest absolute Gasteiger partial charge is 0.481 e. The average molecular weight is 400 g/mol. The molecule has 0 aliphatic heterocycles. The summed E-state index contributed by atoms with van der Waals surface area (Å²) in [6, 6.07) is 0. The number of carboxylic acid groups (broad SMARTS) is 4. The van der Waals surface area contributed by atoms with Gasteiger partial charge in [-0.3, -0.25) is 14.4 Å². The molecule has 0 radical (unpaired) electrons. The Morgan fingerprint density at radius 3 is 1.71 bits per heavy atom. The quantitative estimate of drug-likeness (QED) is 0.235. The number of thioether (sulfide) groups is 3. The molecule has 4 N–H and O–H groups in total. The van der Waals surface area contributed by atoms with Gasteiger partial charge in [0.2, 0.25) is 0 Å². The Kier molecular flexibility index (Phi) is 11.8. The van der Waals surface area contributed by atoms with E-state index in [0.717, 1.165) is 23.5 Å². The third kappa shape index (κ3) is 10.7. The zero-order chi connectivity index (χ0) is 18.6. The van der Waals surface area contributed by atoms with E-state index in [-0.39, 0.29) is 36.5 Å². The normalized spacial score (nSPS) is 13.2. The summed E-state index contributed by atoms with van der Waals surface area (Å²) in [5.74, 6) is -3.33. The second-order valence-electron chi connectivity index (χ2n) is 4.59. The zero-order valence-electron chi connectivity index (χ0n) is 12.8. The van der Waals surface area contributed by atoms with Crippen LogP contribution in [0.5, 0.6) is 0 Å². The summed E-state index contributed by atoms with van der Waals surface area (Å²) in [5, 5.41) is 35.5. The first-order valence-corrected chi connectivity index (χ1v) is 10.1. The van der Waals surface area contributed by atoms with Gasteiger partial charge in [-0.25, -0.2) is 4.79 Å². The predicted octanol–water partition coefficient (Wildman–Crippen LogP) is 1.78. The van der Waals surface area contributed by atoms with Crippen molar-refractivity contribution in [2.24, 2.45) is 0 Å². The molecule has 0 bridgehead atoms. The number of aliphatic carboxylic acids is 4. The molecule has 0 saturated carbocycles. The van der Waals surface area contributed by atoms with Crippen molar-refractivity contribution in [2.75, 3.05) is 23.0 Å². The molecule has 138 valence electrons. The van der Waals surface area contributed by atoms with E-state index in [1.807, 2.05) is 0 Å². The van der Waals surface area contributed by atoms with Crippen LogP contribution in [0.25, 0.3) is 0 Å². The molecule has 0 aliphatic rings. The molecule has 0 fully saturated rings. The second-order valence-corrected chi connectivity index (χ2v) is 8.74. The molecule has 1 atom stereocenters. The van der Waals surface area contributed by atoms with Crippen LogP contribution in [0.3, 0.4) is 0 Å². The van der Waals surface area contributed by atoms with Crippen LogP contribution in [0.1, 0.15) is 25.7 Å². The standard InChI is InChI=1S/C13H20O8S3/c14-9(15)2-1-5-23-13(12(20)21,24-7-4-11(18)19)8-22-6-3-10(16)17/h1-8H2,(H,14,15)(H,16,17)(H,18,19)(H,20,21). The van der Waals surface area contributed by atoms with E-state index in [2.05, 4.69) is 0 Å². The lowest BCUT2D eigenvalue weighted by Crippen LogP contribution is -2.35. The first kappa shape index (κ1) is 22.9. The van der Waals surface area contributed by atoms with Crippen LogP contribution < -0.4 is 0 Å². The number of carboxylic acids is 4. The Labute approximate surface area is 151 Å². The molecule has 0 aromatic heterocycles. The Hall–Kier alpha value is -1.07. The minimum Gasteiger partial charge on any atom is -0.481 e. The zero-order valence-corrected chi connectivity index (χ0v) is 15.3. The summed E-state index contributed by atoms with van der Waals surface area (Å²) in [4.78, 5) is 43.4. The van der Waals surface area contributed by atoms with Gasteiger partial charge < -0.3 is 20.4 Å². The van der Waals surface area contributed by atoms with Gasteiger partial charge in [-0.1, -0.05) is 0 Å². The molecule has 8 nitrogen and oxygen atoms in total. The smallest absolute Gasteiger partial charge is 0.330 e. The summed E-state index contributed by atoms with van der Waals surface area (Å²) in [5.41, 5.74) is 0. The molecule has 0 amide bonds. The Bertz CT molecular complexity index is 432. The summed E-state index contributed by atoms with van der Waals surface area (Å²) < 4.78 is -1.32. The molecule has 0 saturated heterocycles. The summed E-state index contributed by atoms with van der Waals surface area (Å²) in [6.45, 7) is 0. The van der Waals surface area contributed by atoms with Gasteiger partial charge in [-0.2, -0.15) is 11.8 Å². The number of carbonyl (C=O) groups is 4. The molecule has 24 heavy (non-hydrogen) atoms. The van der Waals surface area contributed by atoms with Gasteiger partial charge in [0.25, 0.3) is 0 Å². The molecule has 1 unspecified atom stereocenters. The highest BCUT2D eigenvalue weighted by Gasteiger charge is 2.39. The minimum atomic E-state index is -1.32. The van der Waals surface area contributed by atoms with Crippen molar-refractivity contribution in [3.05, 3.63) is 0 Å². The first-order chi connectivity index (χ1) is 11.2. The number of rotatable bonds is 15. The van der Waals surface area contributed by atoms with Crippen LogP contribution in [0.2, 0.25) is 0 Å². The van der Waals surface area contributed by atoms with Crippen molar-refractivity contribution in [2.45, 2.75) is 29.8 Å². The number of hydrogen-bond acceptors (Lipinski definition) is 7. The van der Waals surface area contributed by atoms with Crippen molar-refractivity contribution >= 4 is 59.2 Å². The van der Waals surface area contributed by atoms with Crippen molar-refractivity contribution < 1.29 is 39.6 Å². The number of hydrogen-bond donors (Lipinski definition) is 4. The van der Waals surface area contributed by atoms with E-state index in [1.54, 1.807) is 0 Å². The maximum Gasteiger partial charge on any atom is 0.330 e. The lowest BCUT2D eigenvalue weighted by Gasteiger charge is -2.28. The highest BCUT2D eigenvalue weighted by atomic mass is 32.2. The van der Waals surface area contributed by atoms with Crippen molar-refractivity contribution in [3.63, 3.8) is 0 Å². The third-order valence-electron chi connectivity index (χ3n) is 2.60. The predicted molar refractivity (Wildman–Crippen MR) is 94.0 cm³/mol. The highest BCUT2D eigenvalue weighted by molar-refractivity contribution is 8.20. The van der Waals surface area contributed by atoms with Crippen molar-refractivity contribution in [1.29, 1.82) is 0 Å². The van der Waals surface area contributed by atoms with E-state index < -0.39 is 28.0 Å². The third-order valence-corrected chi connectivity index (χ3v) is 7.27. The van der Waals surface area contributed by atoms with E-state index in [1.165, 1.54) is 11.8 Å². The van der Waals surface area contributed by atoms with Crippen LogP contribution in [-0.2, 0) is 19.2 Å². The molecular formula is C13H20O8S3. The molecular weight excluding hydrogens is 380 g/mol. The van der Waals surface area contributed by atoms with E-state index in [0.29, 0.717) is 12.2 Å². The monoisotopic (exact) mass is 400 g/mol. The maximum absolute atomic E-state index is 11.7. The Morgan fingerprint density at radius 2 is 1.21 bits per heavy atom. The summed E-state index contributed by atoms with van der Waals surface area (Å²) >= 11 is 3.23. The Balaban J connectivity index is 4.74. The van der Waals surface area contributed by atoms with Crippen molar-refractivity contribution in [3.8, 4) is 0 Å². The molecule has 11 heteroatoms. The SMILES string of the molecule is O=C(O)CCCSC(CSCCC(=O)O)(SCCC(=O)O)C(=O)O. The van der Waals surface area contributed by atoms with Gasteiger partial charge in [0.1, 0.15) is 0 Å². The van der Waals surface area contributed by atoms with Crippen LogP contribution in [0.15, 0.2) is 0 Å². The average Bonchev–Trinajstić information content (AvgIpc) is 2.46. The fourth-order valence-electron chi connectivity index (χ4n) is 1.44. The molecule has 0 heterocycles. The Morgan fingerprint density at radius 1 is 0.708 bits per heavy atom.